The van der Waals surface area contributed by atoms with Crippen LogP contribution in [0.25, 0.3) is 16.5 Å². The van der Waals surface area contributed by atoms with Gasteiger partial charge in [0.25, 0.3) is 5.56 Å². The molecule has 1 aromatic heterocycles. The highest BCUT2D eigenvalue weighted by atomic mass is 19.1. The van der Waals surface area contributed by atoms with Gasteiger partial charge in [-0.25, -0.2) is 4.39 Å². The van der Waals surface area contributed by atoms with Gasteiger partial charge in [0.2, 0.25) is 0 Å². The third kappa shape index (κ3) is 4.34. The van der Waals surface area contributed by atoms with Crippen molar-refractivity contribution >= 4 is 10.8 Å². The summed E-state index contributed by atoms with van der Waals surface area (Å²) in [6.45, 7) is 1.60. The van der Waals surface area contributed by atoms with Gasteiger partial charge >= 0.3 is 0 Å². The van der Waals surface area contributed by atoms with Crippen LogP contribution in [0.3, 0.4) is 0 Å². The third-order valence-corrected chi connectivity index (χ3v) is 6.61. The minimum atomic E-state index is -0.393. The molecule has 1 saturated heterocycles. The lowest BCUT2D eigenvalue weighted by Gasteiger charge is -2.34. The van der Waals surface area contributed by atoms with Crippen LogP contribution in [0.5, 0.6) is 5.75 Å². The molecule has 1 aliphatic rings. The number of nitrogens with one attached hydrogen (secondary N) is 2. The zero-order valence-corrected chi connectivity index (χ0v) is 19.1. The van der Waals surface area contributed by atoms with Crippen LogP contribution in [0, 0.1) is 5.82 Å². The van der Waals surface area contributed by atoms with E-state index in [9.17, 15) is 9.18 Å². The van der Waals surface area contributed by atoms with Gasteiger partial charge in [0.1, 0.15) is 11.6 Å². The molecule has 174 valence electrons. The Morgan fingerprint density at radius 2 is 1.91 bits per heavy atom. The van der Waals surface area contributed by atoms with E-state index in [-0.39, 0.29) is 17.6 Å². The fourth-order valence-electron chi connectivity index (χ4n) is 4.86. The molecule has 2 unspecified atom stereocenters. The number of methoxy groups -OCH3 is 1. The number of ether oxygens (including phenoxy) is 1. The van der Waals surface area contributed by atoms with Gasteiger partial charge in [0.15, 0.2) is 0 Å². The highest BCUT2D eigenvalue weighted by molar-refractivity contribution is 5.82. The molecule has 2 atom stereocenters. The van der Waals surface area contributed by atoms with Gasteiger partial charge in [0.05, 0.1) is 12.5 Å². The van der Waals surface area contributed by atoms with Crippen molar-refractivity contribution in [3.05, 3.63) is 106 Å². The van der Waals surface area contributed by atoms with E-state index in [1.807, 2.05) is 24.3 Å². The Morgan fingerprint density at radius 3 is 2.74 bits per heavy atom. The van der Waals surface area contributed by atoms with Crippen molar-refractivity contribution in [3.8, 4) is 11.4 Å². The van der Waals surface area contributed by atoms with E-state index in [4.69, 9.17) is 4.74 Å². The summed E-state index contributed by atoms with van der Waals surface area (Å²) in [7, 11) is 1.65. The Bertz CT molecular complexity index is 1350. The number of pyridine rings is 1. The lowest BCUT2D eigenvalue weighted by molar-refractivity contribution is 0.303. The number of hydrogen-bond acceptors (Lipinski definition) is 4. The molecular formula is C28H28FN3O2. The quantitative estimate of drug-likeness (QED) is 0.440. The van der Waals surface area contributed by atoms with Crippen LogP contribution in [0.15, 0.2) is 83.8 Å². The number of halogens is 1. The Hall–Kier alpha value is -3.48. The molecule has 5 rings (SSSR count). The summed E-state index contributed by atoms with van der Waals surface area (Å²) in [6.07, 6.45) is 3.81. The molecule has 5 nitrogen and oxygen atoms in total. The summed E-state index contributed by atoms with van der Waals surface area (Å²) in [5.74, 6) is 0.367. The third-order valence-electron chi connectivity index (χ3n) is 6.61. The van der Waals surface area contributed by atoms with Crippen molar-refractivity contribution in [2.24, 2.45) is 0 Å². The minimum absolute atomic E-state index is 0.238. The molecule has 4 aromatic rings. The first-order chi connectivity index (χ1) is 16.7. The van der Waals surface area contributed by atoms with Crippen LogP contribution in [0.1, 0.15) is 30.0 Å². The van der Waals surface area contributed by atoms with Crippen LogP contribution in [0.4, 0.5) is 4.39 Å². The first kappa shape index (κ1) is 22.3. The molecule has 3 aromatic carbocycles. The van der Waals surface area contributed by atoms with Gasteiger partial charge in [-0.1, -0.05) is 36.4 Å². The van der Waals surface area contributed by atoms with Crippen molar-refractivity contribution in [2.45, 2.75) is 31.5 Å². The van der Waals surface area contributed by atoms with E-state index in [1.165, 1.54) is 11.6 Å². The first-order valence-electron chi connectivity index (χ1n) is 11.6. The number of fused-ring (bicyclic) bond motifs is 1. The van der Waals surface area contributed by atoms with E-state index in [0.717, 1.165) is 36.4 Å². The SMILES string of the molecule is COc1ccc(-n2ccc3c(F)cccc3c2=O)cc1CNC1CCCNC1c1ccccc1. The molecule has 2 N–H and O–H groups in total. The Balaban J connectivity index is 1.43. The fourth-order valence-corrected chi connectivity index (χ4v) is 4.86. The summed E-state index contributed by atoms with van der Waals surface area (Å²) >= 11 is 0. The van der Waals surface area contributed by atoms with Crippen molar-refractivity contribution in [1.82, 2.24) is 15.2 Å². The summed E-state index contributed by atoms with van der Waals surface area (Å²) in [4.78, 5) is 13.1. The lowest BCUT2D eigenvalue weighted by Crippen LogP contribution is -2.45. The number of aromatic nitrogens is 1. The van der Waals surface area contributed by atoms with Crippen LogP contribution < -0.4 is 20.9 Å². The van der Waals surface area contributed by atoms with Crippen LogP contribution >= 0.6 is 0 Å². The topological polar surface area (TPSA) is 55.3 Å². The smallest absolute Gasteiger partial charge is 0.263 e. The van der Waals surface area contributed by atoms with E-state index in [2.05, 4.69) is 34.9 Å². The molecule has 2 heterocycles. The average molecular weight is 458 g/mol. The number of rotatable bonds is 6. The largest absolute Gasteiger partial charge is 0.496 e. The molecule has 1 fully saturated rings. The molecule has 0 amide bonds. The van der Waals surface area contributed by atoms with Crippen LogP contribution in [-0.4, -0.2) is 24.3 Å². The highest BCUT2D eigenvalue weighted by Gasteiger charge is 2.25. The predicted molar refractivity (Wildman–Crippen MR) is 133 cm³/mol. The van der Waals surface area contributed by atoms with Crippen LogP contribution in [-0.2, 0) is 6.54 Å². The highest BCUT2D eigenvalue weighted by Crippen LogP contribution is 2.26. The van der Waals surface area contributed by atoms with E-state index in [0.29, 0.717) is 17.3 Å². The molecular weight excluding hydrogens is 429 g/mol. The van der Waals surface area contributed by atoms with Gasteiger partial charge in [-0.15, -0.1) is 0 Å². The second-order valence-corrected chi connectivity index (χ2v) is 8.66. The number of piperidine rings is 1. The zero-order valence-electron chi connectivity index (χ0n) is 19.1. The maximum absolute atomic E-state index is 14.1. The van der Waals surface area contributed by atoms with Gasteiger partial charge < -0.3 is 15.4 Å². The van der Waals surface area contributed by atoms with Gasteiger partial charge in [-0.05, 0) is 61.3 Å². The minimum Gasteiger partial charge on any atom is -0.496 e. The predicted octanol–water partition coefficient (Wildman–Crippen LogP) is 4.72. The Kier molecular flexibility index (Phi) is 6.43. The van der Waals surface area contributed by atoms with Crippen molar-refractivity contribution in [3.63, 3.8) is 0 Å². The molecule has 0 radical (unpaired) electrons. The van der Waals surface area contributed by atoms with Crippen LogP contribution in [0.2, 0.25) is 0 Å². The average Bonchev–Trinajstić information content (AvgIpc) is 2.89. The summed E-state index contributed by atoms with van der Waals surface area (Å²) in [5.41, 5.74) is 2.70. The van der Waals surface area contributed by atoms with Gasteiger partial charge in [0, 0.05) is 41.5 Å². The standard InChI is InChI=1S/C28H28FN3O2/c1-34-26-13-12-21(32-16-14-22-23(28(32)33)9-5-10-24(22)29)17-20(26)18-31-25-11-6-15-30-27(25)19-7-3-2-4-8-19/h2-5,7-10,12-14,16-17,25,27,30-31H,6,11,15,18H2,1H3. The summed E-state index contributed by atoms with van der Waals surface area (Å²) in [5, 5.41) is 8.05. The van der Waals surface area contributed by atoms with Gasteiger partial charge in [-0.3, -0.25) is 9.36 Å². The molecule has 0 spiro atoms. The molecule has 34 heavy (non-hydrogen) atoms. The molecule has 0 saturated carbocycles. The van der Waals surface area contributed by atoms with Crippen molar-refractivity contribution in [2.75, 3.05) is 13.7 Å². The summed E-state index contributed by atoms with van der Waals surface area (Å²) in [6, 6.07) is 22.9. The molecule has 0 bridgehead atoms. The first-order valence-corrected chi connectivity index (χ1v) is 11.6. The Morgan fingerprint density at radius 1 is 1.06 bits per heavy atom. The Labute approximate surface area is 198 Å². The van der Waals surface area contributed by atoms with Crippen molar-refractivity contribution < 1.29 is 9.13 Å². The summed E-state index contributed by atoms with van der Waals surface area (Å²) < 4.78 is 21.3. The van der Waals surface area contributed by atoms with E-state index >= 15 is 0 Å². The number of hydrogen-bond donors (Lipinski definition) is 2. The maximum Gasteiger partial charge on any atom is 0.263 e. The monoisotopic (exact) mass is 457 g/mol. The molecule has 6 heteroatoms. The number of benzene rings is 3. The maximum atomic E-state index is 14.1. The van der Waals surface area contributed by atoms with E-state index in [1.54, 1.807) is 36.1 Å². The second kappa shape index (κ2) is 9.79. The zero-order chi connectivity index (χ0) is 23.5. The van der Waals surface area contributed by atoms with Crippen molar-refractivity contribution in [1.29, 1.82) is 0 Å². The van der Waals surface area contributed by atoms with Gasteiger partial charge in [-0.2, -0.15) is 0 Å². The molecule has 0 aliphatic carbocycles. The lowest BCUT2D eigenvalue weighted by atomic mass is 9.92. The normalized spacial score (nSPS) is 18.2. The number of nitrogens with zero attached hydrogens (tertiary/aromatic N) is 1. The molecule has 1 aliphatic heterocycles. The van der Waals surface area contributed by atoms with E-state index < -0.39 is 5.82 Å². The second-order valence-electron chi connectivity index (χ2n) is 8.66. The fraction of sp³-hybridized carbons (Fsp3) is 0.250.